The van der Waals surface area contributed by atoms with Gasteiger partial charge >= 0.3 is 0 Å². The standard InChI is InChI=1S/C14H18ClNO4/c1-14(2,3)13(18)16-11-9(15)6-10(19-4)8(7-17)12(11)20-5/h6-7H,1-5H3,(H,16,18). The predicted molar refractivity (Wildman–Crippen MR) is 78.0 cm³/mol. The molecule has 0 radical (unpaired) electrons. The van der Waals surface area contributed by atoms with Gasteiger partial charge in [0.05, 0.1) is 19.2 Å². The number of carbonyl (C=O) groups excluding carboxylic acids is 2. The Balaban J connectivity index is 3.39. The number of hydrogen-bond acceptors (Lipinski definition) is 4. The Labute approximate surface area is 123 Å². The van der Waals surface area contributed by atoms with E-state index in [2.05, 4.69) is 5.32 Å². The van der Waals surface area contributed by atoms with E-state index >= 15 is 0 Å². The minimum atomic E-state index is -0.602. The van der Waals surface area contributed by atoms with E-state index in [1.807, 2.05) is 0 Å². The zero-order chi connectivity index (χ0) is 15.5. The van der Waals surface area contributed by atoms with Gasteiger partial charge in [-0.2, -0.15) is 0 Å². The fraction of sp³-hybridized carbons (Fsp3) is 0.429. The fourth-order valence-electron chi connectivity index (χ4n) is 1.53. The lowest BCUT2D eigenvalue weighted by Gasteiger charge is -2.21. The van der Waals surface area contributed by atoms with Gasteiger partial charge in [0.15, 0.2) is 12.0 Å². The van der Waals surface area contributed by atoms with Crippen molar-refractivity contribution in [2.24, 2.45) is 5.41 Å². The SMILES string of the molecule is COc1cc(Cl)c(NC(=O)C(C)(C)C)c(OC)c1C=O. The molecule has 5 nitrogen and oxygen atoms in total. The van der Waals surface area contributed by atoms with Gasteiger partial charge < -0.3 is 14.8 Å². The molecule has 0 bridgehead atoms. The van der Waals surface area contributed by atoms with Gasteiger partial charge in [-0.25, -0.2) is 0 Å². The van der Waals surface area contributed by atoms with E-state index in [1.165, 1.54) is 20.3 Å². The highest BCUT2D eigenvalue weighted by atomic mass is 35.5. The van der Waals surface area contributed by atoms with Crippen molar-refractivity contribution in [2.45, 2.75) is 20.8 Å². The van der Waals surface area contributed by atoms with Crippen LogP contribution in [0.2, 0.25) is 5.02 Å². The van der Waals surface area contributed by atoms with E-state index in [4.69, 9.17) is 21.1 Å². The quantitative estimate of drug-likeness (QED) is 0.867. The molecule has 1 aromatic carbocycles. The molecule has 0 saturated carbocycles. The molecule has 110 valence electrons. The minimum absolute atomic E-state index is 0.182. The van der Waals surface area contributed by atoms with E-state index in [0.717, 1.165) is 0 Å². The summed E-state index contributed by atoms with van der Waals surface area (Å²) < 4.78 is 10.3. The van der Waals surface area contributed by atoms with E-state index in [-0.39, 0.29) is 33.7 Å². The van der Waals surface area contributed by atoms with Gasteiger partial charge in [0.1, 0.15) is 17.0 Å². The van der Waals surface area contributed by atoms with Crippen molar-refractivity contribution in [3.05, 3.63) is 16.7 Å². The fourth-order valence-corrected chi connectivity index (χ4v) is 1.76. The number of aldehydes is 1. The van der Waals surface area contributed by atoms with E-state index < -0.39 is 5.41 Å². The van der Waals surface area contributed by atoms with Gasteiger partial charge in [-0.05, 0) is 0 Å². The Hall–Kier alpha value is -1.75. The lowest BCUT2D eigenvalue weighted by atomic mass is 9.95. The van der Waals surface area contributed by atoms with Crippen LogP contribution in [0.4, 0.5) is 5.69 Å². The van der Waals surface area contributed by atoms with Crippen LogP contribution >= 0.6 is 11.6 Å². The van der Waals surface area contributed by atoms with Crippen molar-refractivity contribution in [3.63, 3.8) is 0 Å². The smallest absolute Gasteiger partial charge is 0.229 e. The maximum Gasteiger partial charge on any atom is 0.229 e. The molecular weight excluding hydrogens is 282 g/mol. The van der Waals surface area contributed by atoms with Crippen LogP contribution in [0.1, 0.15) is 31.1 Å². The van der Waals surface area contributed by atoms with Crippen molar-refractivity contribution >= 4 is 29.5 Å². The van der Waals surface area contributed by atoms with Gasteiger partial charge in [-0.1, -0.05) is 32.4 Å². The maximum absolute atomic E-state index is 12.1. The molecule has 0 heterocycles. The molecule has 1 aromatic rings. The molecule has 1 amide bonds. The van der Waals surface area contributed by atoms with Crippen molar-refractivity contribution < 1.29 is 19.1 Å². The van der Waals surface area contributed by atoms with Gasteiger partial charge in [0, 0.05) is 11.5 Å². The summed E-state index contributed by atoms with van der Waals surface area (Å²) in [6, 6.07) is 1.46. The third-order valence-electron chi connectivity index (χ3n) is 2.70. The number of carbonyl (C=O) groups is 2. The minimum Gasteiger partial charge on any atom is -0.496 e. The molecule has 0 unspecified atom stereocenters. The number of methoxy groups -OCH3 is 2. The highest BCUT2D eigenvalue weighted by molar-refractivity contribution is 6.34. The van der Waals surface area contributed by atoms with Crippen LogP contribution in [-0.2, 0) is 4.79 Å². The van der Waals surface area contributed by atoms with Crippen LogP contribution in [-0.4, -0.2) is 26.4 Å². The van der Waals surface area contributed by atoms with Crippen molar-refractivity contribution in [3.8, 4) is 11.5 Å². The number of halogens is 1. The number of hydrogen-bond donors (Lipinski definition) is 1. The molecule has 0 aromatic heterocycles. The summed E-state index contributed by atoms with van der Waals surface area (Å²) in [5.74, 6) is 0.234. The normalized spacial score (nSPS) is 10.9. The predicted octanol–water partition coefficient (Wildman–Crippen LogP) is 3.15. The molecule has 0 aliphatic carbocycles. The average molecular weight is 300 g/mol. The largest absolute Gasteiger partial charge is 0.496 e. The van der Waals surface area contributed by atoms with Crippen LogP contribution in [0.3, 0.4) is 0 Å². The summed E-state index contributed by atoms with van der Waals surface area (Å²) in [5, 5.41) is 2.92. The monoisotopic (exact) mass is 299 g/mol. The molecule has 0 aliphatic heterocycles. The molecule has 0 saturated heterocycles. The lowest BCUT2D eigenvalue weighted by molar-refractivity contribution is -0.123. The third-order valence-corrected chi connectivity index (χ3v) is 2.99. The Morgan fingerprint density at radius 3 is 2.30 bits per heavy atom. The molecule has 1 N–H and O–H groups in total. The van der Waals surface area contributed by atoms with Crippen LogP contribution in [0, 0.1) is 5.41 Å². The first-order valence-corrected chi connectivity index (χ1v) is 6.35. The van der Waals surface area contributed by atoms with E-state index in [0.29, 0.717) is 6.29 Å². The van der Waals surface area contributed by atoms with Crippen molar-refractivity contribution in [1.82, 2.24) is 0 Å². The summed E-state index contributed by atoms with van der Waals surface area (Å²) in [4.78, 5) is 23.3. The van der Waals surface area contributed by atoms with Gasteiger partial charge in [-0.3, -0.25) is 9.59 Å². The lowest BCUT2D eigenvalue weighted by Crippen LogP contribution is -2.28. The Morgan fingerprint density at radius 2 is 1.90 bits per heavy atom. The zero-order valence-electron chi connectivity index (χ0n) is 12.2. The second kappa shape index (κ2) is 6.13. The average Bonchev–Trinajstić information content (AvgIpc) is 2.38. The second-order valence-electron chi connectivity index (χ2n) is 5.20. The molecule has 20 heavy (non-hydrogen) atoms. The first-order valence-electron chi connectivity index (χ1n) is 5.97. The number of amides is 1. The number of nitrogens with one attached hydrogen (secondary N) is 1. The number of anilines is 1. The summed E-state index contributed by atoms with van der Waals surface area (Å²) in [5.41, 5.74) is -0.143. The zero-order valence-corrected chi connectivity index (χ0v) is 12.9. The van der Waals surface area contributed by atoms with E-state index in [1.54, 1.807) is 20.8 Å². The molecule has 0 fully saturated rings. The molecule has 0 atom stereocenters. The van der Waals surface area contributed by atoms with Crippen molar-refractivity contribution in [2.75, 3.05) is 19.5 Å². The number of ether oxygens (including phenoxy) is 2. The van der Waals surface area contributed by atoms with Crippen LogP contribution in [0.5, 0.6) is 11.5 Å². The second-order valence-corrected chi connectivity index (χ2v) is 5.61. The Morgan fingerprint density at radius 1 is 1.30 bits per heavy atom. The third kappa shape index (κ3) is 3.22. The summed E-state index contributed by atoms with van der Waals surface area (Å²) in [6.07, 6.45) is 0.598. The first-order chi connectivity index (χ1) is 9.26. The summed E-state index contributed by atoms with van der Waals surface area (Å²) >= 11 is 6.12. The molecule has 1 rings (SSSR count). The Bertz CT molecular complexity index is 535. The van der Waals surface area contributed by atoms with Gasteiger partial charge in [0.2, 0.25) is 5.91 Å². The van der Waals surface area contributed by atoms with Gasteiger partial charge in [-0.15, -0.1) is 0 Å². The number of benzene rings is 1. The van der Waals surface area contributed by atoms with Crippen LogP contribution in [0.25, 0.3) is 0 Å². The van der Waals surface area contributed by atoms with E-state index in [9.17, 15) is 9.59 Å². The topological polar surface area (TPSA) is 64.6 Å². The molecular formula is C14H18ClNO4. The Kier molecular flexibility index (Phi) is 5.00. The summed E-state index contributed by atoms with van der Waals surface area (Å²) in [6.45, 7) is 5.31. The van der Waals surface area contributed by atoms with Gasteiger partial charge in [0.25, 0.3) is 0 Å². The van der Waals surface area contributed by atoms with Crippen LogP contribution < -0.4 is 14.8 Å². The van der Waals surface area contributed by atoms with Crippen LogP contribution in [0.15, 0.2) is 6.07 Å². The molecule has 0 spiro atoms. The highest BCUT2D eigenvalue weighted by Gasteiger charge is 2.26. The maximum atomic E-state index is 12.1. The van der Waals surface area contributed by atoms with Crippen molar-refractivity contribution in [1.29, 1.82) is 0 Å². The molecule has 6 heteroatoms. The highest BCUT2D eigenvalue weighted by Crippen LogP contribution is 2.41. The first kappa shape index (κ1) is 16.3. The summed E-state index contributed by atoms with van der Waals surface area (Å²) in [7, 11) is 2.82. The number of rotatable bonds is 4. The molecule has 0 aliphatic rings.